The van der Waals surface area contributed by atoms with Gasteiger partial charge in [-0.25, -0.2) is 28.1 Å². The Morgan fingerprint density at radius 2 is 2.03 bits per heavy atom. The predicted octanol–water partition coefficient (Wildman–Crippen LogP) is 1.01. The van der Waals surface area contributed by atoms with Gasteiger partial charge in [0.15, 0.2) is 11.6 Å². The van der Waals surface area contributed by atoms with Gasteiger partial charge in [0.1, 0.15) is 18.9 Å². The topological polar surface area (TPSA) is 146 Å². The molecule has 2 aromatic heterocycles. The van der Waals surface area contributed by atoms with Crippen molar-refractivity contribution in [2.45, 2.75) is 36.6 Å². The summed E-state index contributed by atoms with van der Waals surface area (Å²) in [4.78, 5) is 23.8. The standard InChI is InChI=1S/C19H19N7O3S/c1-12-2-3-13(30(28,29)25-19-6-18(7-19,8-19)9-27)4-14(12)15-5-22-16(20)17(24-15)26-11-21-10-23-26/h2-5,9-11,25H,6-8H2,1H3,(H2,20,22). The summed E-state index contributed by atoms with van der Waals surface area (Å²) >= 11 is 0. The molecule has 0 aliphatic heterocycles. The number of hydrogen-bond donors (Lipinski definition) is 2. The quantitative estimate of drug-likeness (QED) is 0.557. The second-order valence-electron chi connectivity index (χ2n) is 8.18. The second-order valence-corrected chi connectivity index (χ2v) is 9.86. The molecule has 3 aromatic rings. The average Bonchev–Trinajstić information content (AvgIpc) is 3.19. The molecule has 6 rings (SSSR count). The molecule has 0 saturated heterocycles. The highest BCUT2D eigenvalue weighted by Crippen LogP contribution is 2.66. The van der Waals surface area contributed by atoms with Gasteiger partial charge >= 0.3 is 0 Å². The van der Waals surface area contributed by atoms with E-state index in [-0.39, 0.29) is 16.1 Å². The molecule has 3 aliphatic rings. The molecule has 3 saturated carbocycles. The Morgan fingerprint density at radius 3 is 2.70 bits per heavy atom. The average molecular weight is 425 g/mol. The van der Waals surface area contributed by atoms with Crippen molar-refractivity contribution in [1.82, 2.24) is 29.5 Å². The Labute approximate surface area is 172 Å². The fourth-order valence-corrected chi connectivity index (χ4v) is 5.92. The number of benzene rings is 1. The maximum Gasteiger partial charge on any atom is 0.241 e. The van der Waals surface area contributed by atoms with Crippen LogP contribution in [-0.4, -0.2) is 45.0 Å². The van der Waals surface area contributed by atoms with E-state index in [0.717, 1.165) is 11.8 Å². The summed E-state index contributed by atoms with van der Waals surface area (Å²) < 4.78 is 30.1. The number of carbonyl (C=O) groups is 1. The zero-order valence-electron chi connectivity index (χ0n) is 16.1. The van der Waals surface area contributed by atoms with Gasteiger partial charge in [-0.2, -0.15) is 9.78 Å². The third kappa shape index (κ3) is 2.81. The summed E-state index contributed by atoms with van der Waals surface area (Å²) in [6, 6.07) is 4.86. The van der Waals surface area contributed by atoms with Crippen molar-refractivity contribution in [2.75, 3.05) is 5.73 Å². The zero-order chi connectivity index (χ0) is 21.1. The number of sulfonamides is 1. The van der Waals surface area contributed by atoms with Crippen molar-refractivity contribution in [1.29, 1.82) is 0 Å². The van der Waals surface area contributed by atoms with Crippen molar-refractivity contribution in [2.24, 2.45) is 5.41 Å². The Balaban J connectivity index is 1.49. The van der Waals surface area contributed by atoms with Crippen LogP contribution in [0, 0.1) is 12.3 Å². The number of aryl methyl sites for hydroxylation is 1. The lowest BCUT2D eigenvalue weighted by molar-refractivity contribution is -0.159. The van der Waals surface area contributed by atoms with Crippen LogP contribution in [0.5, 0.6) is 0 Å². The Kier molecular flexibility index (Phi) is 3.86. The van der Waals surface area contributed by atoms with E-state index in [1.54, 1.807) is 18.2 Å². The molecule has 154 valence electrons. The van der Waals surface area contributed by atoms with Crippen LogP contribution in [0.1, 0.15) is 24.8 Å². The lowest BCUT2D eigenvalue weighted by Gasteiger charge is -2.67. The molecule has 1 aromatic carbocycles. The minimum Gasteiger partial charge on any atom is -0.381 e. The third-order valence-electron chi connectivity index (χ3n) is 5.88. The van der Waals surface area contributed by atoms with Crippen LogP contribution in [0.15, 0.2) is 41.9 Å². The maximum atomic E-state index is 13.0. The molecule has 3 fully saturated rings. The van der Waals surface area contributed by atoms with Crippen molar-refractivity contribution >= 4 is 22.1 Å². The van der Waals surface area contributed by atoms with Gasteiger partial charge in [-0.1, -0.05) is 6.07 Å². The summed E-state index contributed by atoms with van der Waals surface area (Å²) in [7, 11) is -3.75. The van der Waals surface area contributed by atoms with E-state index >= 15 is 0 Å². The number of carbonyl (C=O) groups excluding carboxylic acids is 1. The van der Waals surface area contributed by atoms with E-state index in [9.17, 15) is 13.2 Å². The lowest BCUT2D eigenvalue weighted by atomic mass is 9.40. The highest BCUT2D eigenvalue weighted by molar-refractivity contribution is 7.89. The number of nitrogens with one attached hydrogen (secondary N) is 1. The second kappa shape index (κ2) is 6.16. The Hall–Kier alpha value is -3.18. The first-order valence-electron chi connectivity index (χ1n) is 9.34. The molecule has 2 heterocycles. The van der Waals surface area contributed by atoms with Crippen molar-refractivity contribution in [3.05, 3.63) is 42.6 Å². The molecule has 11 heteroatoms. The van der Waals surface area contributed by atoms with Gasteiger partial charge in [0, 0.05) is 16.5 Å². The van der Waals surface area contributed by atoms with Crippen LogP contribution in [-0.2, 0) is 14.8 Å². The van der Waals surface area contributed by atoms with Crippen LogP contribution < -0.4 is 10.5 Å². The largest absolute Gasteiger partial charge is 0.381 e. The Bertz CT molecular complexity index is 1250. The van der Waals surface area contributed by atoms with Crippen LogP contribution in [0.25, 0.3) is 17.1 Å². The number of aromatic nitrogens is 5. The van der Waals surface area contributed by atoms with Crippen LogP contribution in [0.4, 0.5) is 5.82 Å². The van der Waals surface area contributed by atoms with Gasteiger partial charge in [-0.15, -0.1) is 0 Å². The SMILES string of the molecule is Cc1ccc(S(=O)(=O)NC23CC(C=O)(C2)C3)cc1-c1cnc(N)c(-n2cncn2)n1. The maximum absolute atomic E-state index is 13.0. The molecule has 3 N–H and O–H groups in total. The van der Waals surface area contributed by atoms with Crippen molar-refractivity contribution in [3.8, 4) is 17.1 Å². The van der Waals surface area contributed by atoms with E-state index in [1.165, 1.54) is 23.5 Å². The first-order valence-corrected chi connectivity index (χ1v) is 10.8. The van der Waals surface area contributed by atoms with Gasteiger partial charge in [-0.05, 0) is 43.9 Å². The molecule has 0 radical (unpaired) electrons. The number of hydrogen-bond acceptors (Lipinski definition) is 8. The van der Waals surface area contributed by atoms with Crippen LogP contribution in [0.3, 0.4) is 0 Å². The van der Waals surface area contributed by atoms with Gasteiger partial charge < -0.3 is 10.5 Å². The van der Waals surface area contributed by atoms with Crippen molar-refractivity contribution < 1.29 is 13.2 Å². The fourth-order valence-electron chi connectivity index (χ4n) is 4.49. The monoisotopic (exact) mass is 425 g/mol. The minimum atomic E-state index is -3.75. The number of rotatable bonds is 6. The van der Waals surface area contributed by atoms with Gasteiger partial charge in [0.2, 0.25) is 10.0 Å². The molecular weight excluding hydrogens is 406 g/mol. The van der Waals surface area contributed by atoms with E-state index in [1.807, 2.05) is 6.92 Å². The number of aldehydes is 1. The minimum absolute atomic E-state index is 0.133. The van der Waals surface area contributed by atoms with Crippen molar-refractivity contribution in [3.63, 3.8) is 0 Å². The summed E-state index contributed by atoms with van der Waals surface area (Å²) in [5.41, 5.74) is 7.03. The van der Waals surface area contributed by atoms with Gasteiger partial charge in [0.25, 0.3) is 0 Å². The molecule has 0 atom stereocenters. The predicted molar refractivity (Wildman–Crippen MR) is 107 cm³/mol. The summed E-state index contributed by atoms with van der Waals surface area (Å²) in [6.45, 7) is 1.86. The number of nitrogens with two attached hydrogens (primary N) is 1. The molecule has 0 spiro atoms. The summed E-state index contributed by atoms with van der Waals surface area (Å²) in [5.74, 6) is 0.490. The van der Waals surface area contributed by atoms with E-state index in [4.69, 9.17) is 5.73 Å². The normalized spacial score (nSPS) is 24.7. The highest BCUT2D eigenvalue weighted by atomic mass is 32.2. The number of anilines is 1. The molecular formula is C19H19N7O3S. The molecule has 10 nitrogen and oxygen atoms in total. The summed E-state index contributed by atoms with van der Waals surface area (Å²) in [5, 5.41) is 4.03. The fraction of sp³-hybridized carbons (Fsp3) is 0.316. The number of nitrogen functional groups attached to an aromatic ring is 1. The third-order valence-corrected chi connectivity index (χ3v) is 7.46. The molecule has 0 amide bonds. The zero-order valence-corrected chi connectivity index (χ0v) is 16.9. The van der Waals surface area contributed by atoms with Gasteiger partial charge in [-0.3, -0.25) is 0 Å². The number of nitrogens with zero attached hydrogens (tertiary/aromatic N) is 5. The molecule has 30 heavy (non-hydrogen) atoms. The van der Waals surface area contributed by atoms with Crippen LogP contribution >= 0.6 is 0 Å². The van der Waals surface area contributed by atoms with E-state index in [0.29, 0.717) is 36.3 Å². The smallest absolute Gasteiger partial charge is 0.241 e. The lowest BCUT2D eigenvalue weighted by Crippen LogP contribution is -2.75. The first-order chi connectivity index (χ1) is 14.2. The van der Waals surface area contributed by atoms with E-state index in [2.05, 4.69) is 24.8 Å². The highest BCUT2D eigenvalue weighted by Gasteiger charge is 2.69. The summed E-state index contributed by atoms with van der Waals surface area (Å²) in [6.07, 6.45) is 6.94. The Morgan fingerprint density at radius 1 is 1.27 bits per heavy atom. The van der Waals surface area contributed by atoms with Gasteiger partial charge in [0.05, 0.1) is 16.8 Å². The molecule has 0 unspecified atom stereocenters. The molecule has 2 bridgehead atoms. The van der Waals surface area contributed by atoms with E-state index < -0.39 is 15.6 Å². The molecule has 3 aliphatic carbocycles. The van der Waals surface area contributed by atoms with Crippen LogP contribution in [0.2, 0.25) is 0 Å². The first kappa shape index (κ1) is 18.8.